The normalized spacial score (nSPS) is 17.6. The van der Waals surface area contributed by atoms with E-state index in [1.165, 1.54) is 6.08 Å². The molecule has 0 atom stereocenters. The summed E-state index contributed by atoms with van der Waals surface area (Å²) in [5.74, 6) is -0.143. The Bertz CT molecular complexity index is 354. The molecule has 0 aromatic rings. The van der Waals surface area contributed by atoms with Crippen LogP contribution in [0.25, 0.3) is 0 Å². The van der Waals surface area contributed by atoms with E-state index in [0.29, 0.717) is 25.1 Å². The van der Waals surface area contributed by atoms with Crippen molar-refractivity contribution >= 4 is 0 Å². The smallest absolute Gasteiger partial charge is 0.162 e. The van der Waals surface area contributed by atoms with Gasteiger partial charge >= 0.3 is 0 Å². The van der Waals surface area contributed by atoms with E-state index in [9.17, 15) is 10.2 Å². The zero-order valence-electron chi connectivity index (χ0n) is 9.26. The minimum Gasteiger partial charge on any atom is -0.504 e. The van der Waals surface area contributed by atoms with Crippen molar-refractivity contribution in [3.05, 3.63) is 60.8 Å². The van der Waals surface area contributed by atoms with Crippen LogP contribution in [-0.2, 0) is 0 Å². The standard InChI is InChI=1S/C13H17NO2/c1-3-8-14(9-4-2)10-11-6-5-7-12(15)13(11)16/h3-5,7,10,15-16H,1-2,6,8-9H2. The maximum Gasteiger partial charge on any atom is 0.162 e. The van der Waals surface area contributed by atoms with E-state index in [1.54, 1.807) is 18.2 Å². The third-order valence-corrected chi connectivity index (χ3v) is 2.23. The van der Waals surface area contributed by atoms with Crippen LogP contribution in [-0.4, -0.2) is 28.2 Å². The lowest BCUT2D eigenvalue weighted by Crippen LogP contribution is -2.18. The SMILES string of the molecule is C=CCN(C=C1CC=CC(O)=C1O)CC=C. The average Bonchev–Trinajstić information content (AvgIpc) is 2.25. The molecule has 0 heterocycles. The molecule has 1 rings (SSSR count). The molecular weight excluding hydrogens is 202 g/mol. The Labute approximate surface area is 96.0 Å². The Morgan fingerprint density at radius 2 is 1.88 bits per heavy atom. The van der Waals surface area contributed by atoms with E-state index in [4.69, 9.17) is 0 Å². The minimum absolute atomic E-state index is 0.0550. The molecule has 3 nitrogen and oxygen atoms in total. The second-order valence-corrected chi connectivity index (χ2v) is 3.53. The molecule has 2 N–H and O–H groups in total. The van der Waals surface area contributed by atoms with Crippen molar-refractivity contribution in [1.29, 1.82) is 0 Å². The van der Waals surface area contributed by atoms with Crippen LogP contribution < -0.4 is 0 Å². The van der Waals surface area contributed by atoms with Gasteiger partial charge in [-0.05, 0) is 12.5 Å². The zero-order chi connectivity index (χ0) is 12.0. The number of nitrogens with zero attached hydrogens (tertiary/aromatic N) is 1. The molecule has 16 heavy (non-hydrogen) atoms. The van der Waals surface area contributed by atoms with Crippen LogP contribution in [0, 0.1) is 0 Å². The monoisotopic (exact) mass is 219 g/mol. The van der Waals surface area contributed by atoms with E-state index in [-0.39, 0.29) is 11.5 Å². The van der Waals surface area contributed by atoms with Crippen LogP contribution in [0.5, 0.6) is 0 Å². The lowest BCUT2D eigenvalue weighted by molar-refractivity contribution is 0.338. The molecular formula is C13H17NO2. The van der Waals surface area contributed by atoms with Gasteiger partial charge in [0.05, 0.1) is 0 Å². The molecule has 0 aliphatic heterocycles. The van der Waals surface area contributed by atoms with Crippen LogP contribution in [0.3, 0.4) is 0 Å². The van der Waals surface area contributed by atoms with Gasteiger partial charge in [0.25, 0.3) is 0 Å². The molecule has 1 aliphatic rings. The van der Waals surface area contributed by atoms with E-state index < -0.39 is 0 Å². The summed E-state index contributed by atoms with van der Waals surface area (Å²) in [5, 5.41) is 19.0. The van der Waals surface area contributed by atoms with Crippen molar-refractivity contribution in [1.82, 2.24) is 4.90 Å². The van der Waals surface area contributed by atoms with Crippen molar-refractivity contribution < 1.29 is 10.2 Å². The summed E-state index contributed by atoms with van der Waals surface area (Å²) >= 11 is 0. The highest BCUT2D eigenvalue weighted by molar-refractivity contribution is 5.37. The fourth-order valence-corrected chi connectivity index (χ4v) is 1.48. The number of aliphatic hydroxyl groups is 2. The molecule has 0 fully saturated rings. The fourth-order valence-electron chi connectivity index (χ4n) is 1.48. The predicted molar refractivity (Wildman–Crippen MR) is 66.1 cm³/mol. The molecule has 0 aromatic carbocycles. The van der Waals surface area contributed by atoms with Crippen LogP contribution in [0.2, 0.25) is 0 Å². The summed E-state index contributed by atoms with van der Waals surface area (Å²) in [5.41, 5.74) is 0.698. The van der Waals surface area contributed by atoms with Gasteiger partial charge in [-0.2, -0.15) is 0 Å². The molecule has 0 amide bonds. The third kappa shape index (κ3) is 3.05. The van der Waals surface area contributed by atoms with Gasteiger partial charge in [0, 0.05) is 24.9 Å². The number of hydrogen-bond donors (Lipinski definition) is 2. The fraction of sp³-hybridized carbons (Fsp3) is 0.231. The Morgan fingerprint density at radius 3 is 2.44 bits per heavy atom. The summed E-state index contributed by atoms with van der Waals surface area (Å²) in [4.78, 5) is 1.96. The third-order valence-electron chi connectivity index (χ3n) is 2.23. The Kier molecular flexibility index (Phi) is 4.45. The highest BCUT2D eigenvalue weighted by Gasteiger charge is 2.12. The quantitative estimate of drug-likeness (QED) is 0.699. The van der Waals surface area contributed by atoms with Crippen molar-refractivity contribution in [2.24, 2.45) is 0 Å². The van der Waals surface area contributed by atoms with Crippen LogP contribution in [0.15, 0.2) is 60.8 Å². The summed E-state index contributed by atoms with van der Waals surface area (Å²) < 4.78 is 0. The molecule has 3 heteroatoms. The molecule has 0 unspecified atom stereocenters. The lowest BCUT2D eigenvalue weighted by atomic mass is 10.1. The first-order chi connectivity index (χ1) is 7.69. The van der Waals surface area contributed by atoms with Gasteiger partial charge in [-0.1, -0.05) is 18.2 Å². The van der Waals surface area contributed by atoms with E-state index in [0.717, 1.165) is 0 Å². The van der Waals surface area contributed by atoms with Gasteiger partial charge in [-0.3, -0.25) is 0 Å². The van der Waals surface area contributed by atoms with Crippen molar-refractivity contribution in [2.75, 3.05) is 13.1 Å². The van der Waals surface area contributed by atoms with E-state index >= 15 is 0 Å². The molecule has 0 saturated heterocycles. The molecule has 1 aliphatic carbocycles. The van der Waals surface area contributed by atoms with Gasteiger partial charge in [0.2, 0.25) is 0 Å². The summed E-state index contributed by atoms with van der Waals surface area (Å²) in [6, 6.07) is 0. The van der Waals surface area contributed by atoms with Crippen LogP contribution in [0.1, 0.15) is 6.42 Å². The molecule has 0 aromatic heterocycles. The second-order valence-electron chi connectivity index (χ2n) is 3.53. The van der Waals surface area contributed by atoms with Gasteiger partial charge in [-0.25, -0.2) is 0 Å². The van der Waals surface area contributed by atoms with Crippen LogP contribution in [0.4, 0.5) is 0 Å². The molecule has 0 radical (unpaired) electrons. The first kappa shape index (κ1) is 12.2. The molecule has 0 saturated carbocycles. The summed E-state index contributed by atoms with van der Waals surface area (Å²) in [6.07, 6.45) is 9.29. The summed E-state index contributed by atoms with van der Waals surface area (Å²) in [6.45, 7) is 8.68. The zero-order valence-corrected chi connectivity index (χ0v) is 9.26. The van der Waals surface area contributed by atoms with Crippen LogP contribution >= 0.6 is 0 Å². The summed E-state index contributed by atoms with van der Waals surface area (Å²) in [7, 11) is 0. The number of rotatable bonds is 5. The number of hydrogen-bond acceptors (Lipinski definition) is 3. The molecule has 0 bridgehead atoms. The van der Waals surface area contributed by atoms with E-state index in [1.807, 2.05) is 11.1 Å². The first-order valence-corrected chi connectivity index (χ1v) is 5.14. The van der Waals surface area contributed by atoms with E-state index in [2.05, 4.69) is 13.2 Å². The van der Waals surface area contributed by atoms with Crippen molar-refractivity contribution in [3.63, 3.8) is 0 Å². The lowest BCUT2D eigenvalue weighted by Gasteiger charge is -2.19. The van der Waals surface area contributed by atoms with Crippen molar-refractivity contribution in [2.45, 2.75) is 6.42 Å². The molecule has 86 valence electrons. The second kappa shape index (κ2) is 5.85. The Balaban J connectivity index is 2.85. The minimum atomic E-state index is -0.0883. The highest BCUT2D eigenvalue weighted by Crippen LogP contribution is 2.21. The Morgan fingerprint density at radius 1 is 1.25 bits per heavy atom. The maximum absolute atomic E-state index is 9.65. The predicted octanol–water partition coefficient (Wildman–Crippen LogP) is 2.83. The van der Waals surface area contributed by atoms with Crippen molar-refractivity contribution in [3.8, 4) is 0 Å². The molecule has 0 spiro atoms. The Hall–Kier alpha value is -1.90. The van der Waals surface area contributed by atoms with Gasteiger partial charge in [0.1, 0.15) is 0 Å². The number of aliphatic hydroxyl groups excluding tert-OH is 2. The maximum atomic E-state index is 9.65. The van der Waals surface area contributed by atoms with Gasteiger partial charge in [0.15, 0.2) is 11.5 Å². The number of allylic oxidation sites excluding steroid dienone is 3. The average molecular weight is 219 g/mol. The van der Waals surface area contributed by atoms with Gasteiger partial charge < -0.3 is 15.1 Å². The topological polar surface area (TPSA) is 43.7 Å². The highest BCUT2D eigenvalue weighted by atomic mass is 16.3. The van der Waals surface area contributed by atoms with Gasteiger partial charge in [-0.15, -0.1) is 13.2 Å². The first-order valence-electron chi connectivity index (χ1n) is 5.14. The largest absolute Gasteiger partial charge is 0.504 e.